The predicted octanol–water partition coefficient (Wildman–Crippen LogP) is 3.68. The van der Waals surface area contributed by atoms with Crippen LogP contribution in [0.2, 0.25) is 0 Å². The Labute approximate surface area is 121 Å². The van der Waals surface area contributed by atoms with Gasteiger partial charge in [-0.05, 0) is 24.5 Å². The van der Waals surface area contributed by atoms with Crippen molar-refractivity contribution >= 4 is 5.97 Å². The lowest BCUT2D eigenvalue weighted by atomic mass is 10.1. The van der Waals surface area contributed by atoms with Crippen molar-refractivity contribution in [2.45, 2.75) is 39.7 Å². The molecule has 20 heavy (non-hydrogen) atoms. The van der Waals surface area contributed by atoms with Crippen LogP contribution in [0.15, 0.2) is 24.3 Å². The smallest absolute Gasteiger partial charge is 0.343 e. The quantitative estimate of drug-likeness (QED) is 0.607. The van der Waals surface area contributed by atoms with Gasteiger partial charge >= 0.3 is 5.97 Å². The first-order chi connectivity index (χ1) is 9.58. The minimum atomic E-state index is -0.390. The van der Waals surface area contributed by atoms with Gasteiger partial charge in [0, 0.05) is 6.42 Å². The molecule has 0 radical (unpaired) electrons. The normalized spacial score (nSPS) is 11.4. The summed E-state index contributed by atoms with van der Waals surface area (Å²) in [5, 5.41) is 0. The number of hydrogen-bond donors (Lipinski definition) is 0. The van der Waals surface area contributed by atoms with Crippen molar-refractivity contribution in [2.75, 3.05) is 7.11 Å². The topological polar surface area (TPSA) is 35.5 Å². The number of methoxy groups -OCH3 is 1. The maximum absolute atomic E-state index is 12.2. The Morgan fingerprint density at radius 1 is 1.30 bits per heavy atom. The molecule has 0 saturated heterocycles. The van der Waals surface area contributed by atoms with Gasteiger partial charge in [0.1, 0.15) is 11.3 Å². The molecule has 0 spiro atoms. The average Bonchev–Trinajstić information content (AvgIpc) is 2.44. The molecule has 3 heteroatoms. The summed E-state index contributed by atoms with van der Waals surface area (Å²) in [6.45, 7) is 6.14. The van der Waals surface area contributed by atoms with Crippen LogP contribution in [0.3, 0.4) is 0 Å². The highest BCUT2D eigenvalue weighted by Crippen LogP contribution is 2.20. The van der Waals surface area contributed by atoms with Crippen molar-refractivity contribution in [3.05, 3.63) is 29.8 Å². The largest absolute Gasteiger partial charge is 0.496 e. The van der Waals surface area contributed by atoms with Crippen LogP contribution >= 0.6 is 0 Å². The highest BCUT2D eigenvalue weighted by molar-refractivity contribution is 5.92. The highest BCUT2D eigenvalue weighted by Gasteiger charge is 2.18. The van der Waals surface area contributed by atoms with Gasteiger partial charge in [-0.3, -0.25) is 0 Å². The van der Waals surface area contributed by atoms with Gasteiger partial charge in [-0.15, -0.1) is 0 Å². The lowest BCUT2D eigenvalue weighted by Gasteiger charge is -2.15. The molecule has 3 nitrogen and oxygen atoms in total. The van der Waals surface area contributed by atoms with E-state index < -0.39 is 5.97 Å². The van der Waals surface area contributed by atoms with Gasteiger partial charge in [-0.2, -0.15) is 0 Å². The highest BCUT2D eigenvalue weighted by atomic mass is 16.5. The Morgan fingerprint density at radius 3 is 2.60 bits per heavy atom. The van der Waals surface area contributed by atoms with Crippen molar-refractivity contribution in [1.82, 2.24) is 0 Å². The molecule has 0 heterocycles. The van der Waals surface area contributed by atoms with Crippen molar-refractivity contribution < 1.29 is 14.3 Å². The first-order valence-electron chi connectivity index (χ1n) is 6.90. The summed E-state index contributed by atoms with van der Waals surface area (Å²) in [6.07, 6.45) is 1.11. The third-order valence-corrected chi connectivity index (χ3v) is 2.70. The summed E-state index contributed by atoms with van der Waals surface area (Å²) in [7, 11) is 1.54. The zero-order valence-corrected chi connectivity index (χ0v) is 12.6. The number of carbonyl (C=O) groups is 1. The van der Waals surface area contributed by atoms with Gasteiger partial charge in [0.2, 0.25) is 0 Å². The molecule has 0 bridgehead atoms. The third-order valence-electron chi connectivity index (χ3n) is 2.70. The Morgan fingerprint density at radius 2 is 2.00 bits per heavy atom. The van der Waals surface area contributed by atoms with E-state index in [1.54, 1.807) is 18.2 Å². The lowest BCUT2D eigenvalue weighted by molar-refractivity contribution is 0.0374. The zero-order chi connectivity index (χ0) is 15.0. The molecule has 0 fully saturated rings. The molecule has 1 aromatic rings. The first kappa shape index (κ1) is 16.1. The SMILES string of the molecule is CCC#CC(CC(C)C)OC(=O)c1ccccc1OC. The second kappa shape index (κ2) is 8.27. The summed E-state index contributed by atoms with van der Waals surface area (Å²) >= 11 is 0. The van der Waals surface area contributed by atoms with Crippen LogP contribution < -0.4 is 4.74 Å². The van der Waals surface area contributed by atoms with Crippen LogP contribution in [0.4, 0.5) is 0 Å². The van der Waals surface area contributed by atoms with E-state index >= 15 is 0 Å². The van der Waals surface area contributed by atoms with E-state index in [9.17, 15) is 4.79 Å². The fraction of sp³-hybridized carbons (Fsp3) is 0.471. The van der Waals surface area contributed by atoms with E-state index in [0.717, 1.165) is 12.8 Å². The summed E-state index contributed by atoms with van der Waals surface area (Å²) < 4.78 is 10.7. The van der Waals surface area contributed by atoms with Crippen molar-refractivity contribution in [3.8, 4) is 17.6 Å². The van der Waals surface area contributed by atoms with E-state index in [1.165, 1.54) is 7.11 Å². The Kier molecular flexibility index (Phi) is 6.66. The van der Waals surface area contributed by atoms with Crippen LogP contribution in [0, 0.1) is 17.8 Å². The van der Waals surface area contributed by atoms with Gasteiger partial charge < -0.3 is 9.47 Å². The van der Waals surface area contributed by atoms with Crippen LogP contribution in [0.1, 0.15) is 44.0 Å². The summed E-state index contributed by atoms with van der Waals surface area (Å²) in [5.74, 6) is 6.53. The Bertz CT molecular complexity index is 494. The first-order valence-corrected chi connectivity index (χ1v) is 6.90. The molecule has 1 unspecified atom stereocenters. The summed E-state index contributed by atoms with van der Waals surface area (Å²) in [6, 6.07) is 7.04. The molecule has 0 amide bonds. The molecule has 0 aliphatic heterocycles. The Hall–Kier alpha value is -1.95. The molecular weight excluding hydrogens is 252 g/mol. The molecule has 0 aromatic heterocycles. The van der Waals surface area contributed by atoms with E-state index in [1.807, 2.05) is 13.0 Å². The Balaban J connectivity index is 2.84. The molecule has 1 aromatic carbocycles. The van der Waals surface area contributed by atoms with Gasteiger partial charge in [0.15, 0.2) is 6.10 Å². The molecule has 108 valence electrons. The van der Waals surface area contributed by atoms with E-state index in [-0.39, 0.29) is 6.10 Å². The number of ether oxygens (including phenoxy) is 2. The van der Waals surface area contributed by atoms with Gasteiger partial charge in [0.25, 0.3) is 0 Å². The molecule has 0 saturated carbocycles. The number of carbonyl (C=O) groups excluding carboxylic acids is 1. The monoisotopic (exact) mass is 274 g/mol. The van der Waals surface area contributed by atoms with Crippen LogP contribution in [-0.2, 0) is 4.74 Å². The lowest BCUT2D eigenvalue weighted by Crippen LogP contribution is -2.19. The molecule has 0 aliphatic rings. The molecular formula is C17H22O3. The molecule has 0 N–H and O–H groups in total. The van der Waals surface area contributed by atoms with Gasteiger partial charge in [-0.1, -0.05) is 44.7 Å². The minimum Gasteiger partial charge on any atom is -0.496 e. The van der Waals surface area contributed by atoms with E-state index in [4.69, 9.17) is 9.47 Å². The van der Waals surface area contributed by atoms with Gasteiger partial charge in [0.05, 0.1) is 7.11 Å². The average molecular weight is 274 g/mol. The fourth-order valence-corrected chi connectivity index (χ4v) is 1.79. The van der Waals surface area contributed by atoms with Crippen LogP contribution in [0.5, 0.6) is 5.75 Å². The van der Waals surface area contributed by atoms with Crippen molar-refractivity contribution in [3.63, 3.8) is 0 Å². The van der Waals surface area contributed by atoms with Gasteiger partial charge in [-0.25, -0.2) is 4.79 Å². The predicted molar refractivity (Wildman–Crippen MR) is 79.7 cm³/mol. The van der Waals surface area contributed by atoms with Crippen LogP contribution in [-0.4, -0.2) is 19.2 Å². The minimum absolute atomic E-state index is 0.368. The zero-order valence-electron chi connectivity index (χ0n) is 12.6. The summed E-state index contributed by atoms with van der Waals surface area (Å²) in [5.41, 5.74) is 0.432. The number of benzene rings is 1. The molecule has 1 rings (SSSR count). The molecule has 1 atom stereocenters. The second-order valence-electron chi connectivity index (χ2n) is 4.90. The van der Waals surface area contributed by atoms with Crippen molar-refractivity contribution in [2.24, 2.45) is 5.92 Å². The van der Waals surface area contributed by atoms with Crippen molar-refractivity contribution in [1.29, 1.82) is 0 Å². The van der Waals surface area contributed by atoms with E-state index in [0.29, 0.717) is 17.2 Å². The second-order valence-corrected chi connectivity index (χ2v) is 4.90. The van der Waals surface area contributed by atoms with E-state index in [2.05, 4.69) is 25.7 Å². The number of esters is 1. The van der Waals surface area contributed by atoms with Crippen LogP contribution in [0.25, 0.3) is 0 Å². The standard InChI is InChI=1S/C17H22O3/c1-5-6-9-14(12-13(2)3)20-17(18)15-10-7-8-11-16(15)19-4/h7-8,10-11,13-14H,5,12H2,1-4H3. The third kappa shape index (κ3) is 4.97. The number of hydrogen-bond acceptors (Lipinski definition) is 3. The molecule has 0 aliphatic carbocycles. The number of rotatable bonds is 5. The fourth-order valence-electron chi connectivity index (χ4n) is 1.79. The number of para-hydroxylation sites is 1. The summed E-state index contributed by atoms with van der Waals surface area (Å²) in [4.78, 5) is 12.2. The maximum atomic E-state index is 12.2. The maximum Gasteiger partial charge on any atom is 0.343 e.